The smallest absolute Gasteiger partial charge is 0.305 e. The van der Waals surface area contributed by atoms with E-state index in [1.807, 2.05) is 45.0 Å². The molecule has 1 fully saturated rings. The molecule has 4 atom stereocenters. The van der Waals surface area contributed by atoms with Gasteiger partial charge >= 0.3 is 5.97 Å². The van der Waals surface area contributed by atoms with Gasteiger partial charge in [-0.3, -0.25) is 19.2 Å². The van der Waals surface area contributed by atoms with E-state index in [0.29, 0.717) is 12.8 Å². The third kappa shape index (κ3) is 12.4. The Morgan fingerprint density at radius 2 is 1.56 bits per heavy atom. The Morgan fingerprint density at radius 3 is 2.10 bits per heavy atom. The second kappa shape index (κ2) is 18.0. The van der Waals surface area contributed by atoms with Crippen LogP contribution in [0.4, 0.5) is 0 Å². The highest BCUT2D eigenvalue weighted by Crippen LogP contribution is 2.37. The van der Waals surface area contributed by atoms with Crippen molar-refractivity contribution in [1.29, 1.82) is 0 Å². The van der Waals surface area contributed by atoms with E-state index in [4.69, 9.17) is 10.8 Å². The van der Waals surface area contributed by atoms with Crippen LogP contribution in [0.25, 0.3) is 0 Å². The maximum Gasteiger partial charge on any atom is 0.305 e. The number of hydrogen-bond acceptors (Lipinski definition) is 7. The van der Waals surface area contributed by atoms with Crippen molar-refractivity contribution >= 4 is 32.0 Å². The number of unbranched alkanes of at least 4 members (excludes halogenated alkanes) is 4. The lowest BCUT2D eigenvalue weighted by Gasteiger charge is -2.38. The van der Waals surface area contributed by atoms with E-state index in [0.717, 1.165) is 36.8 Å². The summed E-state index contributed by atoms with van der Waals surface area (Å²) >= 11 is 0. The molecule has 1 aromatic carbocycles. The van der Waals surface area contributed by atoms with Crippen molar-refractivity contribution in [2.24, 2.45) is 5.41 Å². The number of esters is 1. The molecule has 3 amide bonds. The molecule has 2 rings (SSSR count). The summed E-state index contributed by atoms with van der Waals surface area (Å²) in [5.41, 5.74) is 0.893. The average molecular weight is 686 g/mol. The van der Waals surface area contributed by atoms with Crippen LogP contribution in [-0.4, -0.2) is 80.5 Å². The van der Waals surface area contributed by atoms with Gasteiger partial charge in [-0.2, -0.15) is 0 Å². The van der Waals surface area contributed by atoms with Gasteiger partial charge < -0.3 is 29.8 Å². The molecule has 0 saturated carbocycles. The van der Waals surface area contributed by atoms with Gasteiger partial charge in [0.15, 0.2) is 8.32 Å². The number of hydrogen-bond donors (Lipinski definition) is 3. The largest absolute Gasteiger partial charge is 0.469 e. The van der Waals surface area contributed by atoms with Crippen LogP contribution in [0.2, 0.25) is 18.1 Å². The number of carbonyl (C=O) groups excluding carboxylic acids is 4. The normalized spacial score (nSPS) is 18.1. The van der Waals surface area contributed by atoms with E-state index >= 15 is 0 Å². The highest BCUT2D eigenvalue weighted by atomic mass is 28.4. The summed E-state index contributed by atoms with van der Waals surface area (Å²) < 4.78 is 11.2. The monoisotopic (exact) mass is 685 g/mol. The number of aliphatic hydroxyl groups excluding tert-OH is 1. The maximum absolute atomic E-state index is 14.1. The molecule has 1 aromatic rings. The van der Waals surface area contributed by atoms with E-state index in [-0.39, 0.29) is 42.9 Å². The van der Waals surface area contributed by atoms with E-state index in [9.17, 15) is 24.3 Å². The Kier molecular flexibility index (Phi) is 15.3. The third-order valence-corrected chi connectivity index (χ3v) is 14.0. The third-order valence-electron chi connectivity index (χ3n) is 9.51. The molecule has 0 aromatic heterocycles. The van der Waals surface area contributed by atoms with Gasteiger partial charge in [0.05, 0.1) is 25.9 Å². The van der Waals surface area contributed by atoms with Crippen LogP contribution >= 0.6 is 0 Å². The van der Waals surface area contributed by atoms with Crippen molar-refractivity contribution in [1.82, 2.24) is 15.5 Å². The number of nitrogens with zero attached hydrogens (tertiary/aromatic N) is 1. The van der Waals surface area contributed by atoms with Gasteiger partial charge in [-0.25, -0.2) is 0 Å². The van der Waals surface area contributed by atoms with Gasteiger partial charge in [0.25, 0.3) is 0 Å². The van der Waals surface area contributed by atoms with Crippen molar-refractivity contribution < 1.29 is 33.4 Å². The first-order valence-electron chi connectivity index (χ1n) is 17.2. The molecular weight excluding hydrogens is 627 g/mol. The number of rotatable bonds is 16. The molecule has 11 heteroatoms. The van der Waals surface area contributed by atoms with Crippen LogP contribution in [0.15, 0.2) is 24.3 Å². The minimum absolute atomic E-state index is 0.00700. The standard InChI is InChI=1S/C37H59N3O7Si/c1-11-26-19-21-27(22-20-26)29(25-47-48(9,10)37(5,6)7)38-34(44)30-23-28(41)24-40(30)35(45)33(36(2,3)4)39-31(42)17-15-13-12-14-16-18-32(43)46-8/h1,19-22,28-30,33,41H,12-18,23-25H2,2-10H3,(H,38,44)(H,39,42)/t28-,29+,30+,33?/m1/s1. The Bertz CT molecular complexity index is 1280. The predicted octanol–water partition coefficient (Wildman–Crippen LogP) is 5.24. The van der Waals surface area contributed by atoms with Crippen molar-refractivity contribution in [3.05, 3.63) is 35.4 Å². The second-order valence-corrected chi connectivity index (χ2v) is 20.3. The number of likely N-dealkylation sites (tertiary alicyclic amines) is 1. The van der Waals surface area contributed by atoms with Gasteiger partial charge in [-0.15, -0.1) is 6.42 Å². The summed E-state index contributed by atoms with van der Waals surface area (Å²) in [7, 11) is -0.787. The molecule has 1 unspecified atom stereocenters. The minimum Gasteiger partial charge on any atom is -0.469 e. The number of benzene rings is 1. The first-order chi connectivity index (χ1) is 22.3. The van der Waals surface area contributed by atoms with Crippen LogP contribution < -0.4 is 10.6 Å². The van der Waals surface area contributed by atoms with Crippen LogP contribution in [-0.2, 0) is 28.3 Å². The second-order valence-electron chi connectivity index (χ2n) is 15.5. The fourth-order valence-corrected chi connectivity index (χ4v) is 6.37. The zero-order chi connectivity index (χ0) is 36.3. The Morgan fingerprint density at radius 1 is 0.979 bits per heavy atom. The summed E-state index contributed by atoms with van der Waals surface area (Å²) in [6, 6.07) is 5.06. The molecule has 1 heterocycles. The van der Waals surface area contributed by atoms with Gasteiger partial charge in [0, 0.05) is 31.4 Å². The molecule has 0 aliphatic carbocycles. The number of nitrogens with one attached hydrogen (secondary N) is 2. The van der Waals surface area contributed by atoms with Gasteiger partial charge in [-0.05, 0) is 54.1 Å². The van der Waals surface area contributed by atoms with E-state index in [2.05, 4.69) is 55.2 Å². The predicted molar refractivity (Wildman–Crippen MR) is 190 cm³/mol. The molecule has 10 nitrogen and oxygen atoms in total. The first-order valence-corrected chi connectivity index (χ1v) is 20.1. The molecule has 1 aliphatic rings. The zero-order valence-corrected chi connectivity index (χ0v) is 31.6. The number of aliphatic hydroxyl groups is 1. The van der Waals surface area contributed by atoms with Crippen LogP contribution in [0.5, 0.6) is 0 Å². The topological polar surface area (TPSA) is 134 Å². The highest BCUT2D eigenvalue weighted by molar-refractivity contribution is 6.74. The quantitative estimate of drug-likeness (QED) is 0.0938. The molecule has 48 heavy (non-hydrogen) atoms. The van der Waals surface area contributed by atoms with Gasteiger partial charge in [0.1, 0.15) is 12.1 Å². The summed E-state index contributed by atoms with van der Waals surface area (Å²) in [5.74, 6) is 1.36. The lowest BCUT2D eigenvalue weighted by atomic mass is 9.85. The van der Waals surface area contributed by atoms with Crippen LogP contribution in [0.3, 0.4) is 0 Å². The molecule has 0 bridgehead atoms. The maximum atomic E-state index is 14.1. The fraction of sp³-hybridized carbons (Fsp3) is 0.676. The Hall–Kier alpha value is -3.20. The highest BCUT2D eigenvalue weighted by Gasteiger charge is 2.45. The number of terminal acetylenes is 1. The van der Waals surface area contributed by atoms with E-state index < -0.39 is 49.8 Å². The van der Waals surface area contributed by atoms with Crippen molar-refractivity contribution in [3.8, 4) is 12.3 Å². The number of β-amino-alcohol motifs (C(OH)–C–C–N with tert-alkyl or cyclic N) is 1. The van der Waals surface area contributed by atoms with E-state index in [1.54, 1.807) is 0 Å². The summed E-state index contributed by atoms with van der Waals surface area (Å²) in [6.45, 7) is 16.6. The lowest BCUT2D eigenvalue weighted by molar-refractivity contribution is -0.144. The molecule has 268 valence electrons. The summed E-state index contributed by atoms with van der Waals surface area (Å²) in [4.78, 5) is 53.6. The van der Waals surface area contributed by atoms with Crippen LogP contribution in [0, 0.1) is 17.8 Å². The zero-order valence-electron chi connectivity index (χ0n) is 30.6. The SMILES string of the molecule is C#Cc1ccc([C@H](CO[Si](C)(C)C(C)(C)C)NC(=O)[C@@H]2C[C@@H](O)CN2C(=O)C(NC(=O)CCCCCCCC(=O)OC)C(C)(C)C)cc1. The summed E-state index contributed by atoms with van der Waals surface area (Å²) in [6.07, 6.45) is 9.43. The Balaban J connectivity index is 2.15. The molecule has 0 spiro atoms. The molecule has 3 N–H and O–H groups in total. The van der Waals surface area contributed by atoms with E-state index in [1.165, 1.54) is 12.0 Å². The lowest BCUT2D eigenvalue weighted by Crippen LogP contribution is -2.58. The van der Waals surface area contributed by atoms with Crippen molar-refractivity contribution in [2.45, 2.75) is 135 Å². The average Bonchev–Trinajstić information content (AvgIpc) is 3.41. The van der Waals surface area contributed by atoms with Crippen LogP contribution in [0.1, 0.15) is 110 Å². The molecule has 1 aliphatic heterocycles. The fourth-order valence-electron chi connectivity index (χ4n) is 5.35. The first kappa shape index (κ1) is 41.0. The molecule has 0 radical (unpaired) electrons. The Labute approximate surface area is 289 Å². The number of amides is 3. The number of ether oxygens (including phenoxy) is 1. The van der Waals surface area contributed by atoms with Gasteiger partial charge in [-0.1, -0.05) is 78.9 Å². The minimum atomic E-state index is -2.16. The summed E-state index contributed by atoms with van der Waals surface area (Å²) in [5, 5.41) is 16.7. The van der Waals surface area contributed by atoms with Crippen molar-refractivity contribution in [3.63, 3.8) is 0 Å². The van der Waals surface area contributed by atoms with Crippen molar-refractivity contribution in [2.75, 3.05) is 20.3 Å². The number of carbonyl (C=O) groups is 4. The number of methoxy groups -OCH3 is 1. The molecule has 1 saturated heterocycles. The van der Waals surface area contributed by atoms with Gasteiger partial charge in [0.2, 0.25) is 17.7 Å². The molecular formula is C37H59N3O7Si.